The van der Waals surface area contributed by atoms with Crippen LogP contribution < -0.4 is 5.32 Å². The minimum atomic E-state index is -0.122. The van der Waals surface area contributed by atoms with E-state index in [0.717, 1.165) is 25.2 Å². The minimum absolute atomic E-state index is 0.0425. The van der Waals surface area contributed by atoms with E-state index in [2.05, 4.69) is 29.2 Å². The smallest absolute Gasteiger partial charge is 0.128 e. The van der Waals surface area contributed by atoms with E-state index in [9.17, 15) is 4.39 Å². The van der Waals surface area contributed by atoms with Gasteiger partial charge in [0.05, 0.1) is 0 Å². The van der Waals surface area contributed by atoms with Crippen molar-refractivity contribution in [3.63, 3.8) is 0 Å². The summed E-state index contributed by atoms with van der Waals surface area (Å²) in [5.41, 5.74) is 0.759. The molecule has 1 atom stereocenters. The fraction of sp³-hybridized carbons (Fsp3) is 0.625. The number of hydrogen-bond acceptors (Lipinski definition) is 3. The average molecular weight is 279 g/mol. The lowest BCUT2D eigenvalue weighted by atomic mass is 10.0. The van der Waals surface area contributed by atoms with E-state index >= 15 is 0 Å². The molecule has 1 unspecified atom stereocenters. The molecule has 3 nitrogen and oxygen atoms in total. The van der Waals surface area contributed by atoms with Gasteiger partial charge >= 0.3 is 0 Å². The largest absolute Gasteiger partial charge is 0.312 e. The quantitative estimate of drug-likeness (QED) is 0.890. The summed E-state index contributed by atoms with van der Waals surface area (Å²) in [5.74, 6) is -0.122. The Bertz CT molecular complexity index is 416. The zero-order valence-electron chi connectivity index (χ0n) is 12.8. The van der Waals surface area contributed by atoms with Crippen LogP contribution in [0.15, 0.2) is 24.3 Å². The molecule has 0 bridgehead atoms. The summed E-state index contributed by atoms with van der Waals surface area (Å²) in [6.45, 7) is 3.14. The fourth-order valence-electron chi connectivity index (χ4n) is 2.98. The third-order valence-electron chi connectivity index (χ3n) is 4.41. The summed E-state index contributed by atoms with van der Waals surface area (Å²) in [6.07, 6.45) is 2.39. The van der Waals surface area contributed by atoms with E-state index < -0.39 is 0 Å². The first kappa shape index (κ1) is 15.4. The molecule has 0 amide bonds. The summed E-state index contributed by atoms with van der Waals surface area (Å²) < 4.78 is 13.9. The fourth-order valence-corrected chi connectivity index (χ4v) is 2.98. The Morgan fingerprint density at radius 2 is 2.00 bits per heavy atom. The monoisotopic (exact) mass is 279 g/mol. The number of nitrogens with zero attached hydrogens (tertiary/aromatic N) is 2. The van der Waals surface area contributed by atoms with Crippen LogP contribution in [0, 0.1) is 5.82 Å². The Morgan fingerprint density at radius 3 is 2.60 bits per heavy atom. The Labute approximate surface area is 121 Å². The van der Waals surface area contributed by atoms with Crippen LogP contribution in [0.4, 0.5) is 4.39 Å². The first-order chi connectivity index (χ1) is 9.61. The van der Waals surface area contributed by atoms with Crippen LogP contribution in [0.3, 0.4) is 0 Å². The lowest BCUT2D eigenvalue weighted by molar-refractivity contribution is 0.135. The zero-order valence-corrected chi connectivity index (χ0v) is 12.8. The molecule has 1 N–H and O–H groups in total. The van der Waals surface area contributed by atoms with Gasteiger partial charge in [-0.2, -0.15) is 0 Å². The molecule has 0 radical (unpaired) electrons. The topological polar surface area (TPSA) is 18.5 Å². The number of benzene rings is 1. The number of likely N-dealkylation sites (N-methyl/N-ethyl adjacent to an activating group) is 2. The van der Waals surface area contributed by atoms with Crippen LogP contribution in [0.2, 0.25) is 0 Å². The molecule has 1 aliphatic rings. The number of nitrogens with one attached hydrogen (secondary N) is 1. The van der Waals surface area contributed by atoms with Crippen LogP contribution in [0.25, 0.3) is 0 Å². The van der Waals surface area contributed by atoms with Gasteiger partial charge in [0.2, 0.25) is 0 Å². The van der Waals surface area contributed by atoms with Crippen LogP contribution >= 0.6 is 0 Å². The molecule has 0 spiro atoms. The van der Waals surface area contributed by atoms with Gasteiger partial charge in [0.15, 0.2) is 0 Å². The second kappa shape index (κ2) is 7.16. The van der Waals surface area contributed by atoms with Crippen molar-refractivity contribution in [2.45, 2.75) is 24.9 Å². The molecule has 0 saturated carbocycles. The molecular weight excluding hydrogens is 253 g/mol. The highest BCUT2D eigenvalue weighted by atomic mass is 19.1. The SMILES string of the molecule is CNC(CN(C)C1CCN(C)CC1)c1ccccc1F. The highest BCUT2D eigenvalue weighted by Crippen LogP contribution is 2.21. The summed E-state index contributed by atoms with van der Waals surface area (Å²) in [7, 11) is 6.23. The van der Waals surface area contributed by atoms with E-state index in [1.165, 1.54) is 18.9 Å². The number of hydrogen-bond donors (Lipinski definition) is 1. The first-order valence-corrected chi connectivity index (χ1v) is 7.42. The van der Waals surface area contributed by atoms with Gasteiger partial charge in [-0.15, -0.1) is 0 Å². The third kappa shape index (κ3) is 3.78. The van der Waals surface area contributed by atoms with Crippen molar-refractivity contribution in [1.29, 1.82) is 0 Å². The number of likely N-dealkylation sites (tertiary alicyclic amines) is 1. The van der Waals surface area contributed by atoms with Crippen molar-refractivity contribution in [1.82, 2.24) is 15.1 Å². The van der Waals surface area contributed by atoms with Gasteiger partial charge in [0.1, 0.15) is 5.82 Å². The van der Waals surface area contributed by atoms with Crippen molar-refractivity contribution in [2.24, 2.45) is 0 Å². The van der Waals surface area contributed by atoms with Gasteiger partial charge < -0.3 is 15.1 Å². The maximum absolute atomic E-state index is 13.9. The molecule has 2 rings (SSSR count). The molecule has 1 aromatic carbocycles. The first-order valence-electron chi connectivity index (χ1n) is 7.42. The maximum atomic E-state index is 13.9. The van der Waals surface area contributed by atoms with E-state index in [0.29, 0.717) is 6.04 Å². The Kier molecular flexibility index (Phi) is 5.52. The zero-order chi connectivity index (χ0) is 14.5. The van der Waals surface area contributed by atoms with Gasteiger partial charge in [0, 0.05) is 24.2 Å². The average Bonchev–Trinajstić information content (AvgIpc) is 2.46. The summed E-state index contributed by atoms with van der Waals surface area (Å²) in [4.78, 5) is 4.75. The highest BCUT2D eigenvalue weighted by Gasteiger charge is 2.23. The standard InChI is InChI=1S/C16H26FN3/c1-18-16(14-6-4-5-7-15(14)17)12-20(3)13-8-10-19(2)11-9-13/h4-7,13,16,18H,8-12H2,1-3H3. The maximum Gasteiger partial charge on any atom is 0.128 e. The molecule has 1 aromatic rings. The molecule has 1 fully saturated rings. The summed E-state index contributed by atoms with van der Waals surface area (Å²) in [5, 5.41) is 3.25. The van der Waals surface area contributed by atoms with E-state index in [1.54, 1.807) is 6.07 Å². The lowest BCUT2D eigenvalue weighted by Crippen LogP contribution is -2.44. The molecule has 1 saturated heterocycles. The molecule has 20 heavy (non-hydrogen) atoms. The van der Waals surface area contributed by atoms with Gasteiger partial charge in [-0.05, 0) is 53.1 Å². The number of piperidine rings is 1. The van der Waals surface area contributed by atoms with Crippen molar-refractivity contribution >= 4 is 0 Å². The van der Waals surface area contributed by atoms with Gasteiger partial charge in [-0.3, -0.25) is 0 Å². The van der Waals surface area contributed by atoms with Gasteiger partial charge in [0.25, 0.3) is 0 Å². The Balaban J connectivity index is 1.98. The predicted molar refractivity (Wildman–Crippen MR) is 81.3 cm³/mol. The molecule has 0 aromatic heterocycles. The van der Waals surface area contributed by atoms with Crippen molar-refractivity contribution in [3.8, 4) is 0 Å². The predicted octanol–water partition coefficient (Wildman–Crippen LogP) is 2.11. The van der Waals surface area contributed by atoms with E-state index in [-0.39, 0.29) is 11.9 Å². The van der Waals surface area contributed by atoms with Crippen LogP contribution in [0.1, 0.15) is 24.4 Å². The molecule has 1 aliphatic heterocycles. The molecule has 1 heterocycles. The summed E-state index contributed by atoms with van der Waals surface area (Å²) in [6, 6.07) is 7.70. The van der Waals surface area contributed by atoms with E-state index in [1.807, 2.05) is 19.2 Å². The van der Waals surface area contributed by atoms with Crippen molar-refractivity contribution < 1.29 is 4.39 Å². The van der Waals surface area contributed by atoms with Crippen molar-refractivity contribution in [2.75, 3.05) is 40.8 Å². The van der Waals surface area contributed by atoms with E-state index in [4.69, 9.17) is 0 Å². The second-order valence-electron chi connectivity index (χ2n) is 5.84. The van der Waals surface area contributed by atoms with Gasteiger partial charge in [-0.1, -0.05) is 18.2 Å². The minimum Gasteiger partial charge on any atom is -0.312 e. The Morgan fingerprint density at radius 1 is 1.35 bits per heavy atom. The summed E-state index contributed by atoms with van der Waals surface area (Å²) >= 11 is 0. The van der Waals surface area contributed by atoms with Crippen LogP contribution in [-0.4, -0.2) is 56.6 Å². The normalized spacial score (nSPS) is 19.4. The molecule has 4 heteroatoms. The van der Waals surface area contributed by atoms with Gasteiger partial charge in [-0.25, -0.2) is 4.39 Å². The molecule has 0 aliphatic carbocycles. The lowest BCUT2D eigenvalue weighted by Gasteiger charge is -2.36. The van der Waals surface area contributed by atoms with Crippen molar-refractivity contribution in [3.05, 3.63) is 35.6 Å². The van der Waals surface area contributed by atoms with Crippen LogP contribution in [0.5, 0.6) is 0 Å². The third-order valence-corrected chi connectivity index (χ3v) is 4.41. The number of halogens is 1. The number of rotatable bonds is 5. The van der Waals surface area contributed by atoms with Crippen LogP contribution in [-0.2, 0) is 0 Å². The highest BCUT2D eigenvalue weighted by molar-refractivity contribution is 5.21. The Hall–Kier alpha value is -0.970. The molecule has 112 valence electrons. The second-order valence-corrected chi connectivity index (χ2v) is 5.84. The molecular formula is C16H26FN3.